The van der Waals surface area contributed by atoms with Crippen LogP contribution < -0.4 is 10.6 Å². The number of carbonyl (C=O) groups is 2. The highest BCUT2D eigenvalue weighted by Gasteiger charge is 2.35. The van der Waals surface area contributed by atoms with Gasteiger partial charge < -0.3 is 20.8 Å². The molecule has 2 fully saturated rings. The van der Waals surface area contributed by atoms with Crippen molar-refractivity contribution in [1.29, 1.82) is 0 Å². The molecule has 2 saturated carbocycles. The van der Waals surface area contributed by atoms with Gasteiger partial charge in [-0.1, -0.05) is 0 Å². The smallest absolute Gasteiger partial charge is 0.271 e. The molecule has 6 aromatic rings. The highest BCUT2D eigenvalue weighted by Crippen LogP contribution is 2.32. The summed E-state index contributed by atoms with van der Waals surface area (Å²) in [6.45, 7) is 3.58. The fraction of sp³-hybridized carbons (Fsp3) is 0.375. The lowest BCUT2D eigenvalue weighted by atomic mass is 9.77. The van der Waals surface area contributed by atoms with Crippen molar-refractivity contribution < 1.29 is 19.8 Å². The van der Waals surface area contributed by atoms with Gasteiger partial charge in [-0.15, -0.1) is 22.7 Å². The summed E-state index contributed by atoms with van der Waals surface area (Å²) in [6.07, 6.45) is 12.5. The van der Waals surface area contributed by atoms with E-state index in [1.54, 1.807) is 60.4 Å². The number of aliphatic hydroxyl groups excluding tert-OH is 2. The molecule has 8 rings (SSSR count). The van der Waals surface area contributed by atoms with E-state index in [0.717, 1.165) is 46.1 Å². The molecule has 2 atom stereocenters. The molecule has 0 aromatic carbocycles. The first-order chi connectivity index (χ1) is 23.2. The van der Waals surface area contributed by atoms with Crippen molar-refractivity contribution in [3.8, 4) is 11.9 Å². The zero-order valence-corrected chi connectivity index (χ0v) is 27.8. The Morgan fingerprint density at radius 3 is 1.50 bits per heavy atom. The number of hydrogen-bond donors (Lipinski definition) is 4. The number of amides is 2. The van der Waals surface area contributed by atoms with E-state index in [-0.39, 0.29) is 47.9 Å². The van der Waals surface area contributed by atoms with E-state index in [0.29, 0.717) is 23.3 Å². The summed E-state index contributed by atoms with van der Waals surface area (Å²) in [5.74, 6) is 1.01. The highest BCUT2D eigenvalue weighted by molar-refractivity contribution is 7.17. The van der Waals surface area contributed by atoms with Crippen LogP contribution in [0.3, 0.4) is 0 Å². The van der Waals surface area contributed by atoms with Gasteiger partial charge in [0.05, 0.1) is 32.6 Å². The number of nitrogens with one attached hydrogen (secondary N) is 2. The van der Waals surface area contributed by atoms with E-state index in [2.05, 4.69) is 40.5 Å². The number of nitrogens with zero attached hydrogens (tertiary/aromatic N) is 8. The Morgan fingerprint density at radius 2 is 1.15 bits per heavy atom. The molecule has 0 aliphatic heterocycles. The van der Waals surface area contributed by atoms with Crippen LogP contribution in [-0.4, -0.2) is 85.4 Å². The second kappa shape index (κ2) is 13.5. The predicted molar refractivity (Wildman–Crippen MR) is 180 cm³/mol. The number of aliphatic hydroxyl groups is 2. The summed E-state index contributed by atoms with van der Waals surface area (Å²) in [5, 5.41) is 28.9. The first kappa shape index (κ1) is 31.9. The minimum Gasteiger partial charge on any atom is -0.393 e. The maximum atomic E-state index is 12.7. The van der Waals surface area contributed by atoms with Crippen LogP contribution in [0.4, 0.5) is 0 Å². The van der Waals surface area contributed by atoms with Gasteiger partial charge in [-0.2, -0.15) is 0 Å². The Labute approximate surface area is 283 Å². The van der Waals surface area contributed by atoms with E-state index < -0.39 is 0 Å². The molecular weight excluding hydrogens is 653 g/mol. The molecule has 248 valence electrons. The van der Waals surface area contributed by atoms with Crippen molar-refractivity contribution in [2.45, 2.75) is 63.8 Å². The average molecular weight is 687 g/mol. The van der Waals surface area contributed by atoms with Crippen LogP contribution in [0.5, 0.6) is 0 Å². The fourth-order valence-corrected chi connectivity index (χ4v) is 7.49. The van der Waals surface area contributed by atoms with E-state index in [9.17, 15) is 19.8 Å². The van der Waals surface area contributed by atoms with Crippen molar-refractivity contribution in [3.63, 3.8) is 0 Å². The van der Waals surface area contributed by atoms with Crippen LogP contribution in [0.1, 0.15) is 60.5 Å². The van der Waals surface area contributed by atoms with Crippen LogP contribution in [0.2, 0.25) is 0 Å². The normalized spacial score (nSPS) is 21.4. The number of rotatable bonds is 8. The molecule has 2 amide bonds. The van der Waals surface area contributed by atoms with Crippen LogP contribution in [0, 0.1) is 11.8 Å². The van der Waals surface area contributed by atoms with Gasteiger partial charge in [0.25, 0.3) is 11.8 Å². The van der Waals surface area contributed by atoms with Crippen molar-refractivity contribution in [2.75, 3.05) is 0 Å². The second-order valence-electron chi connectivity index (χ2n) is 12.2. The molecule has 0 radical (unpaired) electrons. The van der Waals surface area contributed by atoms with Crippen molar-refractivity contribution in [3.05, 3.63) is 71.7 Å². The van der Waals surface area contributed by atoms with Gasteiger partial charge in [0, 0.05) is 36.9 Å². The molecule has 0 spiro atoms. The number of imidazole rings is 2. The van der Waals surface area contributed by atoms with Gasteiger partial charge in [0.15, 0.2) is 11.4 Å². The summed E-state index contributed by atoms with van der Waals surface area (Å²) in [7, 11) is 0. The SMILES string of the molecule is C[C@@H](O)C1CC(NC(=O)c2nc(-n3ccnc3)nc3ccsc23)C1.C[C@H](O)C1CC(NC(=O)c2nc(-n3ccnc3)nc3ccsc23)C1. The molecule has 6 aromatic heterocycles. The summed E-state index contributed by atoms with van der Waals surface area (Å²) in [4.78, 5) is 51.2. The monoisotopic (exact) mass is 686 g/mol. The van der Waals surface area contributed by atoms with Gasteiger partial charge in [0.2, 0.25) is 11.9 Å². The Balaban J connectivity index is 0.000000152. The van der Waals surface area contributed by atoms with Crippen LogP contribution in [0.25, 0.3) is 32.3 Å². The third-order valence-electron chi connectivity index (χ3n) is 8.87. The van der Waals surface area contributed by atoms with Gasteiger partial charge in [-0.05, 0) is 74.3 Å². The zero-order chi connectivity index (χ0) is 33.4. The van der Waals surface area contributed by atoms with Gasteiger partial charge >= 0.3 is 0 Å². The number of thiophene rings is 2. The quantitative estimate of drug-likeness (QED) is 0.185. The molecule has 16 heteroatoms. The van der Waals surface area contributed by atoms with E-state index in [4.69, 9.17) is 0 Å². The maximum Gasteiger partial charge on any atom is 0.271 e. The third-order valence-corrected chi connectivity index (χ3v) is 10.7. The maximum absolute atomic E-state index is 12.7. The lowest BCUT2D eigenvalue weighted by molar-refractivity contribution is 0.0508. The first-order valence-corrected chi connectivity index (χ1v) is 17.4. The van der Waals surface area contributed by atoms with Gasteiger partial charge in [-0.3, -0.25) is 18.7 Å². The van der Waals surface area contributed by atoms with Gasteiger partial charge in [-0.25, -0.2) is 29.9 Å². The Hall–Kier alpha value is -4.64. The standard InChI is InChI=1S/2C16H17N5O2S/c2*1-9(22)10-6-11(7-10)18-15(23)13-14-12(2-5-24-14)19-16(20-13)21-4-3-17-8-21/h2*2-5,8-11,22H,6-7H2,1H3,(H,18,23)/t2*9-,10?,11?/m10/s1. The molecule has 4 N–H and O–H groups in total. The fourth-order valence-electron chi connectivity index (χ4n) is 5.85. The third kappa shape index (κ3) is 6.56. The van der Waals surface area contributed by atoms with Crippen molar-refractivity contribution in [2.24, 2.45) is 11.8 Å². The molecule has 0 unspecified atom stereocenters. The molecule has 6 heterocycles. The summed E-state index contributed by atoms with van der Waals surface area (Å²) in [6, 6.07) is 3.95. The van der Waals surface area contributed by atoms with Crippen LogP contribution in [-0.2, 0) is 0 Å². The summed E-state index contributed by atoms with van der Waals surface area (Å²) >= 11 is 2.91. The van der Waals surface area contributed by atoms with E-state index in [1.807, 2.05) is 22.9 Å². The Bertz CT molecular complexity index is 1880. The second-order valence-corrected chi connectivity index (χ2v) is 14.1. The lowest BCUT2D eigenvalue weighted by Gasteiger charge is -2.37. The largest absolute Gasteiger partial charge is 0.393 e. The number of fused-ring (bicyclic) bond motifs is 2. The summed E-state index contributed by atoms with van der Waals surface area (Å²) < 4.78 is 4.92. The molecule has 48 heavy (non-hydrogen) atoms. The molecule has 0 bridgehead atoms. The van der Waals surface area contributed by atoms with Crippen molar-refractivity contribution >= 4 is 54.9 Å². The van der Waals surface area contributed by atoms with Crippen LogP contribution in [0.15, 0.2) is 60.3 Å². The van der Waals surface area contributed by atoms with Crippen LogP contribution >= 0.6 is 22.7 Å². The Morgan fingerprint density at radius 1 is 0.729 bits per heavy atom. The Kier molecular flexibility index (Phi) is 8.96. The first-order valence-electron chi connectivity index (χ1n) is 15.7. The lowest BCUT2D eigenvalue weighted by Crippen LogP contribution is -2.47. The van der Waals surface area contributed by atoms with Gasteiger partial charge in [0.1, 0.15) is 12.7 Å². The number of aromatic nitrogens is 8. The van der Waals surface area contributed by atoms with E-state index >= 15 is 0 Å². The van der Waals surface area contributed by atoms with E-state index in [1.165, 1.54) is 22.7 Å². The predicted octanol–water partition coefficient (Wildman–Crippen LogP) is 3.53. The van der Waals surface area contributed by atoms with Crippen molar-refractivity contribution in [1.82, 2.24) is 49.7 Å². The molecular formula is C32H34N10O4S2. The number of hydrogen-bond acceptors (Lipinski definition) is 12. The minimum atomic E-state index is -0.325. The minimum absolute atomic E-state index is 0.0961. The average Bonchev–Trinajstić information content (AvgIpc) is 3.85. The molecule has 0 saturated heterocycles. The highest BCUT2D eigenvalue weighted by atomic mass is 32.1. The molecule has 2 aliphatic carbocycles. The topological polar surface area (TPSA) is 186 Å². The molecule has 14 nitrogen and oxygen atoms in total. The summed E-state index contributed by atoms with van der Waals surface area (Å²) in [5.41, 5.74) is 2.28. The zero-order valence-electron chi connectivity index (χ0n) is 26.2. The number of carbonyl (C=O) groups excluding carboxylic acids is 2. The molecule has 2 aliphatic rings.